The Bertz CT molecular complexity index is 2560. The summed E-state index contributed by atoms with van der Waals surface area (Å²) in [6.07, 6.45) is 0. The van der Waals surface area contributed by atoms with Crippen molar-refractivity contribution in [2.45, 2.75) is 0 Å². The van der Waals surface area contributed by atoms with E-state index in [-0.39, 0.29) is 0 Å². The van der Waals surface area contributed by atoms with Crippen LogP contribution in [-0.2, 0) is 0 Å². The molecule has 1 nitrogen and oxygen atoms in total. The molecule has 0 atom stereocenters. The lowest BCUT2D eigenvalue weighted by atomic mass is 9.96. The summed E-state index contributed by atoms with van der Waals surface area (Å²) in [7, 11) is 0. The van der Waals surface area contributed by atoms with Crippen molar-refractivity contribution in [1.29, 1.82) is 0 Å². The number of benzene rings is 8. The Morgan fingerprint density at radius 2 is 0.875 bits per heavy atom. The van der Waals surface area contributed by atoms with Crippen LogP contribution in [0, 0.1) is 0 Å². The Morgan fingerprint density at radius 1 is 0.333 bits per heavy atom. The molecule has 0 fully saturated rings. The maximum atomic E-state index is 2.43. The summed E-state index contributed by atoms with van der Waals surface area (Å²) < 4.78 is 2.63. The zero-order valence-corrected chi connectivity index (χ0v) is 27.1. The van der Waals surface area contributed by atoms with Crippen molar-refractivity contribution in [3.63, 3.8) is 0 Å². The lowest BCUT2D eigenvalue weighted by Gasteiger charge is -2.30. The van der Waals surface area contributed by atoms with Crippen LogP contribution in [-0.4, -0.2) is 0 Å². The Hall–Kier alpha value is -5.96. The second-order valence-electron chi connectivity index (χ2n) is 12.1. The molecular formula is C46H31NS. The first-order valence-electron chi connectivity index (χ1n) is 16.4. The van der Waals surface area contributed by atoms with Gasteiger partial charge < -0.3 is 4.90 Å². The number of hydrogen-bond acceptors (Lipinski definition) is 2. The highest BCUT2D eigenvalue weighted by molar-refractivity contribution is 7.25. The highest BCUT2D eigenvalue weighted by Crippen LogP contribution is 2.46. The normalized spacial score (nSPS) is 11.3. The number of nitrogens with zero attached hydrogens (tertiary/aromatic N) is 1. The van der Waals surface area contributed by atoms with Gasteiger partial charge in [0.2, 0.25) is 0 Å². The van der Waals surface area contributed by atoms with Gasteiger partial charge in [-0.15, -0.1) is 11.3 Å². The number of anilines is 3. The van der Waals surface area contributed by atoms with Gasteiger partial charge in [-0.2, -0.15) is 0 Å². The fourth-order valence-corrected chi connectivity index (χ4v) is 8.10. The minimum Gasteiger partial charge on any atom is -0.309 e. The van der Waals surface area contributed by atoms with Crippen LogP contribution in [0.25, 0.3) is 64.3 Å². The highest BCUT2D eigenvalue weighted by Gasteiger charge is 2.21. The van der Waals surface area contributed by atoms with Gasteiger partial charge in [0.05, 0.1) is 11.4 Å². The molecule has 0 aliphatic rings. The van der Waals surface area contributed by atoms with E-state index in [2.05, 4.69) is 193 Å². The molecule has 8 aromatic carbocycles. The number of hydrogen-bond donors (Lipinski definition) is 0. The van der Waals surface area contributed by atoms with Crippen LogP contribution in [0.5, 0.6) is 0 Å². The third-order valence-electron chi connectivity index (χ3n) is 9.29. The second kappa shape index (κ2) is 12.0. The lowest BCUT2D eigenvalue weighted by molar-refractivity contribution is 1.28. The third-order valence-corrected chi connectivity index (χ3v) is 10.4. The van der Waals surface area contributed by atoms with Crippen molar-refractivity contribution >= 4 is 59.3 Å². The summed E-state index contributed by atoms with van der Waals surface area (Å²) in [6, 6.07) is 68.2. The standard InChI is InChI=1S/C46H31NS/c1-2-13-33(14-3-1)39-18-6-9-22-43(39)47(36-28-25-34(26-29-36)38-21-12-16-32-15-4-5-17-37(32)38)44-23-10-7-19-40(44)35-27-30-46-42(31-35)41-20-8-11-24-45(41)48-46/h1-31H. The first kappa shape index (κ1) is 28.3. The highest BCUT2D eigenvalue weighted by atomic mass is 32.1. The maximum Gasteiger partial charge on any atom is 0.0540 e. The topological polar surface area (TPSA) is 3.24 Å². The van der Waals surface area contributed by atoms with Gasteiger partial charge in [0, 0.05) is 37.0 Å². The van der Waals surface area contributed by atoms with Gasteiger partial charge in [0.1, 0.15) is 0 Å². The SMILES string of the molecule is c1ccc(-c2ccccc2N(c2ccc(-c3cccc4ccccc34)cc2)c2ccccc2-c2ccc3sc4ccccc4c3c2)cc1. The average Bonchev–Trinajstić information content (AvgIpc) is 3.54. The summed E-state index contributed by atoms with van der Waals surface area (Å²) in [4.78, 5) is 2.43. The number of thiophene rings is 1. The van der Waals surface area contributed by atoms with Crippen LogP contribution in [0.15, 0.2) is 188 Å². The number of rotatable bonds is 6. The van der Waals surface area contributed by atoms with Crippen LogP contribution in [0.2, 0.25) is 0 Å². The smallest absolute Gasteiger partial charge is 0.0540 e. The average molecular weight is 630 g/mol. The maximum absolute atomic E-state index is 2.43. The largest absolute Gasteiger partial charge is 0.309 e. The van der Waals surface area contributed by atoms with E-state index in [1.54, 1.807) is 0 Å². The Labute approximate surface area is 284 Å². The fraction of sp³-hybridized carbons (Fsp3) is 0. The fourth-order valence-electron chi connectivity index (χ4n) is 7.01. The molecule has 1 heterocycles. The van der Waals surface area contributed by atoms with E-state index in [1.165, 1.54) is 64.3 Å². The van der Waals surface area contributed by atoms with Gasteiger partial charge in [-0.3, -0.25) is 0 Å². The van der Waals surface area contributed by atoms with Crippen molar-refractivity contribution in [2.75, 3.05) is 4.90 Å². The minimum atomic E-state index is 1.11. The Morgan fingerprint density at radius 3 is 1.67 bits per heavy atom. The van der Waals surface area contributed by atoms with Crippen LogP contribution in [0.3, 0.4) is 0 Å². The Kier molecular flexibility index (Phi) is 7.07. The molecule has 0 radical (unpaired) electrons. The van der Waals surface area contributed by atoms with E-state index in [9.17, 15) is 0 Å². The molecule has 0 unspecified atom stereocenters. The molecule has 226 valence electrons. The lowest BCUT2D eigenvalue weighted by Crippen LogP contribution is -2.12. The summed E-state index contributed by atoms with van der Waals surface area (Å²) >= 11 is 1.86. The van der Waals surface area contributed by atoms with Gasteiger partial charge in [0.25, 0.3) is 0 Å². The van der Waals surface area contributed by atoms with Gasteiger partial charge in [-0.05, 0) is 75.5 Å². The van der Waals surface area contributed by atoms with Crippen molar-refractivity contribution in [1.82, 2.24) is 0 Å². The van der Waals surface area contributed by atoms with E-state index < -0.39 is 0 Å². The molecular weight excluding hydrogens is 599 g/mol. The van der Waals surface area contributed by atoms with E-state index >= 15 is 0 Å². The van der Waals surface area contributed by atoms with E-state index in [1.807, 2.05) is 11.3 Å². The first-order valence-corrected chi connectivity index (χ1v) is 17.2. The zero-order valence-electron chi connectivity index (χ0n) is 26.3. The molecule has 0 saturated carbocycles. The summed E-state index contributed by atoms with van der Waals surface area (Å²) in [5.41, 5.74) is 10.6. The van der Waals surface area contributed by atoms with Crippen LogP contribution < -0.4 is 4.90 Å². The van der Waals surface area contributed by atoms with E-state index in [0.717, 1.165) is 17.1 Å². The number of fused-ring (bicyclic) bond motifs is 4. The third kappa shape index (κ3) is 4.95. The van der Waals surface area contributed by atoms with Crippen molar-refractivity contribution < 1.29 is 0 Å². The summed E-state index contributed by atoms with van der Waals surface area (Å²) in [5.74, 6) is 0. The van der Waals surface area contributed by atoms with Gasteiger partial charge in [0.15, 0.2) is 0 Å². The van der Waals surface area contributed by atoms with Gasteiger partial charge >= 0.3 is 0 Å². The van der Waals surface area contributed by atoms with Crippen molar-refractivity contribution in [3.05, 3.63) is 188 Å². The summed E-state index contributed by atoms with van der Waals surface area (Å²) in [6.45, 7) is 0. The van der Waals surface area contributed by atoms with Crippen molar-refractivity contribution in [2.24, 2.45) is 0 Å². The predicted molar refractivity (Wildman–Crippen MR) is 208 cm³/mol. The molecule has 0 spiro atoms. The van der Waals surface area contributed by atoms with E-state index in [0.29, 0.717) is 0 Å². The Balaban J connectivity index is 1.24. The molecule has 0 amide bonds. The van der Waals surface area contributed by atoms with Crippen LogP contribution in [0.1, 0.15) is 0 Å². The van der Waals surface area contributed by atoms with Gasteiger partial charge in [-0.1, -0.05) is 146 Å². The molecule has 1 aromatic heterocycles. The first-order chi connectivity index (χ1) is 23.8. The molecule has 0 N–H and O–H groups in total. The molecule has 2 heteroatoms. The molecule has 0 saturated heterocycles. The molecule has 0 aliphatic heterocycles. The van der Waals surface area contributed by atoms with Crippen molar-refractivity contribution in [3.8, 4) is 33.4 Å². The van der Waals surface area contributed by atoms with Crippen LogP contribution in [0.4, 0.5) is 17.1 Å². The molecule has 9 rings (SSSR count). The quantitative estimate of drug-likeness (QED) is 0.177. The number of para-hydroxylation sites is 2. The van der Waals surface area contributed by atoms with Gasteiger partial charge in [-0.25, -0.2) is 0 Å². The monoisotopic (exact) mass is 629 g/mol. The minimum absolute atomic E-state index is 1.11. The van der Waals surface area contributed by atoms with Crippen LogP contribution >= 0.6 is 11.3 Å². The summed E-state index contributed by atoms with van der Waals surface area (Å²) in [5, 5.41) is 5.13. The zero-order chi connectivity index (χ0) is 31.9. The van der Waals surface area contributed by atoms with E-state index in [4.69, 9.17) is 0 Å². The predicted octanol–water partition coefficient (Wildman–Crippen LogP) is 13.7. The molecule has 0 bridgehead atoms. The molecule has 48 heavy (non-hydrogen) atoms. The molecule has 0 aliphatic carbocycles. The molecule has 9 aromatic rings. The second-order valence-corrected chi connectivity index (χ2v) is 13.2.